The number of nitrogens with zero attached hydrogens (tertiary/aromatic N) is 1. The summed E-state index contributed by atoms with van der Waals surface area (Å²) in [6.45, 7) is -3.32. The van der Waals surface area contributed by atoms with Crippen LogP contribution in [0.15, 0.2) is 17.0 Å². The van der Waals surface area contributed by atoms with Crippen molar-refractivity contribution < 1.29 is 27.0 Å². The lowest BCUT2D eigenvalue weighted by Crippen LogP contribution is -2.06. The average Bonchev–Trinajstić information content (AvgIpc) is 2.13. The van der Waals surface area contributed by atoms with Gasteiger partial charge < -0.3 is 9.84 Å². The molecule has 5 nitrogen and oxygen atoms in total. The maximum atomic E-state index is 12.0. The van der Waals surface area contributed by atoms with E-state index in [1.165, 1.54) is 6.07 Å². The predicted octanol–water partition coefficient (Wildman–Crippen LogP) is 1.79. The molecule has 0 radical (unpaired) electrons. The largest absolute Gasteiger partial charge is 0.506 e. The van der Waals surface area contributed by atoms with E-state index in [0.717, 1.165) is 12.1 Å². The molecule has 1 aromatic carbocycles. The molecule has 92 valence electrons. The Labute approximate surface area is 99.2 Å². The fourth-order valence-corrected chi connectivity index (χ4v) is 2.20. The molecule has 0 atom stereocenters. The van der Waals surface area contributed by atoms with E-state index in [-0.39, 0.29) is 5.56 Å². The normalized spacial score (nSPS) is 11.2. The number of hydrogen-bond donors (Lipinski definition) is 1. The molecule has 1 rings (SSSR count). The Balaban J connectivity index is 3.52. The summed E-state index contributed by atoms with van der Waals surface area (Å²) >= 11 is 0. The third kappa shape index (κ3) is 3.18. The number of phenols is 1. The van der Waals surface area contributed by atoms with Gasteiger partial charge in [-0.15, -0.1) is 0 Å². The van der Waals surface area contributed by atoms with Gasteiger partial charge in [0.15, 0.2) is 10.6 Å². The first kappa shape index (κ1) is 13.5. The van der Waals surface area contributed by atoms with Gasteiger partial charge in [0, 0.05) is 10.7 Å². The minimum atomic E-state index is -4.48. The Kier molecular flexibility index (Phi) is 3.75. The first-order chi connectivity index (χ1) is 7.75. The van der Waals surface area contributed by atoms with Gasteiger partial charge in [-0.25, -0.2) is 8.42 Å². The molecule has 1 N–H and O–H groups in total. The van der Waals surface area contributed by atoms with E-state index in [4.69, 9.17) is 15.9 Å². The van der Waals surface area contributed by atoms with Crippen LogP contribution in [0.5, 0.6) is 11.5 Å². The van der Waals surface area contributed by atoms with E-state index in [0.29, 0.717) is 0 Å². The summed E-state index contributed by atoms with van der Waals surface area (Å²) in [6, 6.07) is 3.05. The maximum Gasteiger partial charge on any atom is 0.387 e. The minimum Gasteiger partial charge on any atom is -0.506 e. The van der Waals surface area contributed by atoms with Crippen LogP contribution in [0.2, 0.25) is 0 Å². The van der Waals surface area contributed by atoms with E-state index >= 15 is 0 Å². The summed E-state index contributed by atoms with van der Waals surface area (Å²) in [7, 11) is 0.472. The van der Waals surface area contributed by atoms with E-state index in [1.54, 1.807) is 0 Å². The van der Waals surface area contributed by atoms with Crippen molar-refractivity contribution in [3.63, 3.8) is 0 Å². The number of halogens is 3. The summed E-state index contributed by atoms with van der Waals surface area (Å²) in [5, 5.41) is 17.8. The zero-order valence-electron chi connectivity index (χ0n) is 7.89. The van der Waals surface area contributed by atoms with Crippen molar-refractivity contribution in [3.8, 4) is 17.6 Å². The summed E-state index contributed by atoms with van der Waals surface area (Å²) < 4.78 is 50.1. The van der Waals surface area contributed by atoms with Crippen molar-refractivity contribution in [1.82, 2.24) is 0 Å². The third-order valence-electron chi connectivity index (χ3n) is 1.62. The Morgan fingerprint density at radius 1 is 1.47 bits per heavy atom. The summed E-state index contributed by atoms with van der Waals surface area (Å²) in [6.07, 6.45) is 0. The molecule has 0 fully saturated rings. The molecule has 0 unspecified atom stereocenters. The highest BCUT2D eigenvalue weighted by atomic mass is 35.7. The number of phenolic OH excluding ortho intramolecular Hbond substituents is 1. The standard InChI is InChI=1S/C8H4ClF2NO4S/c9-17(14,15)7-5(13)1-4(3-12)2-6(7)16-8(10)11/h1-2,8,13H. The van der Waals surface area contributed by atoms with Gasteiger partial charge in [0.25, 0.3) is 9.05 Å². The molecule has 0 spiro atoms. The average molecular weight is 284 g/mol. The van der Waals surface area contributed by atoms with Crippen LogP contribution in [0, 0.1) is 11.3 Å². The molecule has 0 aliphatic heterocycles. The van der Waals surface area contributed by atoms with Gasteiger partial charge in [-0.3, -0.25) is 0 Å². The van der Waals surface area contributed by atoms with Gasteiger partial charge >= 0.3 is 6.61 Å². The monoisotopic (exact) mass is 283 g/mol. The third-order valence-corrected chi connectivity index (χ3v) is 2.99. The highest BCUT2D eigenvalue weighted by Gasteiger charge is 2.25. The number of ether oxygens (including phenoxy) is 1. The molecular formula is C8H4ClF2NO4S. The number of aromatic hydroxyl groups is 1. The van der Waals surface area contributed by atoms with Crippen LogP contribution in [0.25, 0.3) is 0 Å². The van der Waals surface area contributed by atoms with Crippen LogP contribution in [-0.2, 0) is 9.05 Å². The van der Waals surface area contributed by atoms with Gasteiger partial charge in [-0.2, -0.15) is 14.0 Å². The van der Waals surface area contributed by atoms with Crippen molar-refractivity contribution in [1.29, 1.82) is 5.26 Å². The number of hydrogen-bond acceptors (Lipinski definition) is 5. The van der Waals surface area contributed by atoms with E-state index in [2.05, 4.69) is 4.74 Å². The lowest BCUT2D eigenvalue weighted by atomic mass is 10.2. The summed E-state index contributed by atoms with van der Waals surface area (Å²) in [5.41, 5.74) is -0.248. The fraction of sp³-hybridized carbons (Fsp3) is 0.125. The zero-order chi connectivity index (χ0) is 13.2. The van der Waals surface area contributed by atoms with Crippen molar-refractivity contribution in [3.05, 3.63) is 17.7 Å². The Hall–Kier alpha value is -1.59. The van der Waals surface area contributed by atoms with Crippen LogP contribution in [0.3, 0.4) is 0 Å². The Bertz CT molecular complexity index is 582. The first-order valence-corrected chi connectivity index (χ1v) is 6.23. The van der Waals surface area contributed by atoms with Gasteiger partial charge in [0.1, 0.15) is 5.75 Å². The molecule has 0 aromatic heterocycles. The molecule has 0 saturated carbocycles. The van der Waals surface area contributed by atoms with Crippen molar-refractivity contribution in [2.75, 3.05) is 0 Å². The summed E-state index contributed by atoms with van der Waals surface area (Å²) in [4.78, 5) is -1.00. The SMILES string of the molecule is N#Cc1cc(O)c(S(=O)(=O)Cl)c(OC(F)F)c1. The maximum absolute atomic E-state index is 12.0. The Morgan fingerprint density at radius 3 is 2.47 bits per heavy atom. The molecule has 0 saturated heterocycles. The lowest BCUT2D eigenvalue weighted by Gasteiger charge is -2.10. The number of nitriles is 1. The highest BCUT2D eigenvalue weighted by molar-refractivity contribution is 8.13. The summed E-state index contributed by atoms with van der Waals surface area (Å²) in [5.74, 6) is -1.82. The second kappa shape index (κ2) is 4.73. The molecule has 0 heterocycles. The molecule has 0 aliphatic carbocycles. The van der Waals surface area contributed by atoms with Crippen LogP contribution in [0.1, 0.15) is 5.56 Å². The molecule has 0 aliphatic rings. The van der Waals surface area contributed by atoms with Crippen LogP contribution >= 0.6 is 10.7 Å². The molecule has 0 bridgehead atoms. The van der Waals surface area contributed by atoms with E-state index < -0.39 is 32.1 Å². The number of rotatable bonds is 3. The van der Waals surface area contributed by atoms with Crippen LogP contribution < -0.4 is 4.74 Å². The molecule has 0 amide bonds. The highest BCUT2D eigenvalue weighted by Crippen LogP contribution is 2.36. The van der Waals surface area contributed by atoms with E-state index in [1.807, 2.05) is 0 Å². The molecule has 17 heavy (non-hydrogen) atoms. The quantitative estimate of drug-likeness (QED) is 0.855. The lowest BCUT2D eigenvalue weighted by molar-refractivity contribution is -0.0518. The Morgan fingerprint density at radius 2 is 2.06 bits per heavy atom. The predicted molar refractivity (Wildman–Crippen MR) is 52.5 cm³/mol. The van der Waals surface area contributed by atoms with Crippen molar-refractivity contribution in [2.45, 2.75) is 11.5 Å². The second-order valence-electron chi connectivity index (χ2n) is 2.75. The molecular weight excluding hydrogens is 280 g/mol. The van der Waals surface area contributed by atoms with Gasteiger partial charge in [0.2, 0.25) is 0 Å². The van der Waals surface area contributed by atoms with Crippen LogP contribution in [0.4, 0.5) is 8.78 Å². The molecule has 1 aromatic rings. The minimum absolute atomic E-state index is 0.248. The number of alkyl halides is 2. The number of benzene rings is 1. The van der Waals surface area contributed by atoms with Crippen molar-refractivity contribution >= 4 is 19.7 Å². The second-order valence-corrected chi connectivity index (χ2v) is 5.25. The van der Waals surface area contributed by atoms with Gasteiger partial charge in [-0.1, -0.05) is 0 Å². The topological polar surface area (TPSA) is 87.4 Å². The first-order valence-electron chi connectivity index (χ1n) is 3.92. The smallest absolute Gasteiger partial charge is 0.387 e. The van der Waals surface area contributed by atoms with Crippen molar-refractivity contribution in [2.24, 2.45) is 0 Å². The van der Waals surface area contributed by atoms with Gasteiger partial charge in [-0.05, 0) is 12.1 Å². The molecule has 9 heteroatoms. The van der Waals surface area contributed by atoms with Gasteiger partial charge in [0.05, 0.1) is 11.6 Å². The fourth-order valence-electron chi connectivity index (χ4n) is 1.08. The van der Waals surface area contributed by atoms with E-state index in [9.17, 15) is 22.3 Å². The zero-order valence-corrected chi connectivity index (χ0v) is 9.47. The van der Waals surface area contributed by atoms with Crippen LogP contribution in [-0.4, -0.2) is 20.1 Å².